The van der Waals surface area contributed by atoms with Crippen LogP contribution < -0.4 is 10.6 Å². The van der Waals surface area contributed by atoms with E-state index in [1.165, 1.54) is 5.52 Å². The molecule has 3 rings (SSSR count). The third-order valence-corrected chi connectivity index (χ3v) is 4.58. The summed E-state index contributed by atoms with van der Waals surface area (Å²) in [7, 11) is 0. The van der Waals surface area contributed by atoms with Crippen LogP contribution in [-0.2, 0) is 17.9 Å². The number of aromatic nitrogens is 2. The Hall–Kier alpha value is -2.80. The van der Waals surface area contributed by atoms with Crippen molar-refractivity contribution in [3.63, 3.8) is 0 Å². The lowest BCUT2D eigenvalue weighted by atomic mass is 10.3. The molecule has 29 heavy (non-hydrogen) atoms. The van der Waals surface area contributed by atoms with Crippen LogP contribution in [0.15, 0.2) is 52.1 Å². The molecule has 2 aromatic heterocycles. The van der Waals surface area contributed by atoms with Gasteiger partial charge >= 0.3 is 0 Å². The van der Waals surface area contributed by atoms with Gasteiger partial charge in [-0.05, 0) is 51.0 Å². The van der Waals surface area contributed by atoms with Gasteiger partial charge in [0.05, 0.1) is 17.3 Å². The molecule has 0 unspecified atom stereocenters. The van der Waals surface area contributed by atoms with Crippen molar-refractivity contribution in [3.05, 3.63) is 54.2 Å². The number of hydrogen-bond acceptors (Lipinski definition) is 4. The molecule has 0 fully saturated rings. The lowest BCUT2D eigenvalue weighted by molar-refractivity contribution is 0.105. The molecule has 0 radical (unpaired) electrons. The number of fused-ring (bicyclic) bond motifs is 1. The van der Waals surface area contributed by atoms with Crippen LogP contribution in [0.25, 0.3) is 11.0 Å². The summed E-state index contributed by atoms with van der Waals surface area (Å²) in [4.78, 5) is 9.31. The van der Waals surface area contributed by atoms with Gasteiger partial charge in [0.2, 0.25) is 0 Å². The summed E-state index contributed by atoms with van der Waals surface area (Å²) in [5.41, 5.74) is 2.24. The van der Waals surface area contributed by atoms with Crippen molar-refractivity contribution in [2.24, 2.45) is 4.99 Å². The lowest BCUT2D eigenvalue weighted by Crippen LogP contribution is -2.38. The van der Waals surface area contributed by atoms with E-state index in [9.17, 15) is 0 Å². The second-order valence-corrected chi connectivity index (χ2v) is 6.83. The van der Waals surface area contributed by atoms with E-state index in [2.05, 4.69) is 57.2 Å². The molecule has 2 N–H and O–H groups in total. The van der Waals surface area contributed by atoms with Crippen LogP contribution in [0.4, 0.5) is 0 Å². The number of furan rings is 1. The van der Waals surface area contributed by atoms with Crippen molar-refractivity contribution in [2.45, 2.75) is 39.8 Å². The zero-order chi connectivity index (χ0) is 20.3. The minimum Gasteiger partial charge on any atom is -0.467 e. The Morgan fingerprint density at radius 2 is 2.07 bits per heavy atom. The molecule has 0 aliphatic heterocycles. The number of para-hydroxylation sites is 2. The number of benzene rings is 1. The predicted octanol–water partition coefficient (Wildman–Crippen LogP) is 3.49. The molecule has 0 aliphatic carbocycles. The molecule has 156 valence electrons. The lowest BCUT2D eigenvalue weighted by Gasteiger charge is -2.11. The van der Waals surface area contributed by atoms with Crippen molar-refractivity contribution in [1.82, 2.24) is 20.2 Å². The summed E-state index contributed by atoms with van der Waals surface area (Å²) in [5.74, 6) is 2.76. The molecule has 2 heterocycles. The minimum absolute atomic E-state index is 0.517. The Labute approximate surface area is 172 Å². The number of nitrogens with zero attached hydrogens (tertiary/aromatic N) is 3. The smallest absolute Gasteiger partial charge is 0.191 e. The molecule has 7 nitrogen and oxygen atoms in total. The van der Waals surface area contributed by atoms with E-state index in [0.717, 1.165) is 62.1 Å². The molecule has 0 aliphatic rings. The van der Waals surface area contributed by atoms with Crippen LogP contribution in [0.2, 0.25) is 0 Å². The molecule has 0 amide bonds. The number of aliphatic imine (C=N–C) groups is 1. The Kier molecular flexibility index (Phi) is 8.12. The summed E-state index contributed by atoms with van der Waals surface area (Å²) in [6, 6.07) is 12.1. The van der Waals surface area contributed by atoms with Crippen molar-refractivity contribution in [1.29, 1.82) is 0 Å². The third kappa shape index (κ3) is 6.35. The van der Waals surface area contributed by atoms with Crippen molar-refractivity contribution < 1.29 is 9.15 Å². The van der Waals surface area contributed by atoms with Crippen molar-refractivity contribution in [3.8, 4) is 0 Å². The highest BCUT2D eigenvalue weighted by atomic mass is 16.5. The average Bonchev–Trinajstić information content (AvgIpc) is 3.35. The van der Waals surface area contributed by atoms with E-state index >= 15 is 0 Å². The van der Waals surface area contributed by atoms with Crippen LogP contribution in [0.1, 0.15) is 31.4 Å². The van der Waals surface area contributed by atoms with Gasteiger partial charge in [-0.3, -0.25) is 4.99 Å². The van der Waals surface area contributed by atoms with E-state index in [1.807, 2.05) is 18.2 Å². The molecule has 0 saturated heterocycles. The van der Waals surface area contributed by atoms with Gasteiger partial charge < -0.3 is 24.4 Å². The van der Waals surface area contributed by atoms with Gasteiger partial charge in [0.15, 0.2) is 5.96 Å². The fourth-order valence-electron chi connectivity index (χ4n) is 3.19. The van der Waals surface area contributed by atoms with Gasteiger partial charge in [-0.2, -0.15) is 0 Å². The van der Waals surface area contributed by atoms with Gasteiger partial charge in [0.1, 0.15) is 18.2 Å². The van der Waals surface area contributed by atoms with Crippen LogP contribution >= 0.6 is 0 Å². The normalized spacial score (nSPS) is 11.9. The van der Waals surface area contributed by atoms with Gasteiger partial charge in [0, 0.05) is 32.8 Å². The second kappa shape index (κ2) is 11.3. The topological polar surface area (TPSA) is 76.6 Å². The molecular weight excluding hydrogens is 366 g/mol. The molecule has 1 aromatic carbocycles. The van der Waals surface area contributed by atoms with E-state index in [4.69, 9.17) is 9.15 Å². The Morgan fingerprint density at radius 1 is 1.17 bits per heavy atom. The predicted molar refractivity (Wildman–Crippen MR) is 116 cm³/mol. The summed E-state index contributed by atoms with van der Waals surface area (Å²) in [6.45, 7) is 8.66. The van der Waals surface area contributed by atoms with Crippen LogP contribution in [0.5, 0.6) is 0 Å². The highest BCUT2D eigenvalue weighted by Gasteiger charge is 2.06. The van der Waals surface area contributed by atoms with Crippen molar-refractivity contribution in [2.75, 3.05) is 26.2 Å². The summed E-state index contributed by atoms with van der Waals surface area (Å²) in [5, 5.41) is 6.66. The zero-order valence-electron chi connectivity index (χ0n) is 17.4. The van der Waals surface area contributed by atoms with Gasteiger partial charge in [0.25, 0.3) is 0 Å². The maximum Gasteiger partial charge on any atom is 0.191 e. The monoisotopic (exact) mass is 397 g/mol. The SMILES string of the molecule is CCNC(=NCCCn1c(C)nc2ccccc21)NCCCOCc1ccco1. The highest BCUT2D eigenvalue weighted by Crippen LogP contribution is 2.15. The largest absolute Gasteiger partial charge is 0.467 e. The second-order valence-electron chi connectivity index (χ2n) is 6.83. The molecule has 7 heteroatoms. The van der Waals surface area contributed by atoms with E-state index < -0.39 is 0 Å². The quantitative estimate of drug-likeness (QED) is 0.294. The standard InChI is InChI=1S/C22H31N5O2/c1-3-23-22(25-13-8-15-28-17-19-9-6-16-29-19)24-12-7-14-27-18(2)26-20-10-4-5-11-21(20)27/h4-6,9-11,16H,3,7-8,12-15,17H2,1-2H3,(H2,23,24,25). The number of aryl methyl sites for hydroxylation is 2. The van der Waals surface area contributed by atoms with E-state index in [-0.39, 0.29) is 0 Å². The zero-order valence-corrected chi connectivity index (χ0v) is 17.4. The summed E-state index contributed by atoms with van der Waals surface area (Å²) in [6.07, 6.45) is 3.53. The first-order chi connectivity index (χ1) is 14.3. The average molecular weight is 398 g/mol. The number of imidazole rings is 1. The molecule has 3 aromatic rings. The van der Waals surface area contributed by atoms with E-state index in [0.29, 0.717) is 13.2 Å². The molecule has 0 saturated carbocycles. The van der Waals surface area contributed by atoms with Crippen LogP contribution in [0.3, 0.4) is 0 Å². The van der Waals surface area contributed by atoms with E-state index in [1.54, 1.807) is 6.26 Å². The Balaban J connectivity index is 1.37. The fourth-order valence-corrected chi connectivity index (χ4v) is 3.19. The number of hydrogen-bond donors (Lipinski definition) is 2. The molecular formula is C22H31N5O2. The number of guanidine groups is 1. The first kappa shape index (κ1) is 20.9. The number of ether oxygens (including phenoxy) is 1. The Morgan fingerprint density at radius 3 is 2.90 bits per heavy atom. The number of nitrogens with one attached hydrogen (secondary N) is 2. The van der Waals surface area contributed by atoms with Crippen LogP contribution in [0, 0.1) is 6.92 Å². The maximum absolute atomic E-state index is 5.60. The van der Waals surface area contributed by atoms with Gasteiger partial charge in [-0.25, -0.2) is 4.98 Å². The Bertz CT molecular complexity index is 886. The number of rotatable bonds is 11. The molecule has 0 atom stereocenters. The first-order valence-electron chi connectivity index (χ1n) is 10.3. The summed E-state index contributed by atoms with van der Waals surface area (Å²) >= 11 is 0. The van der Waals surface area contributed by atoms with Gasteiger partial charge in [-0.15, -0.1) is 0 Å². The highest BCUT2D eigenvalue weighted by molar-refractivity contribution is 5.79. The third-order valence-electron chi connectivity index (χ3n) is 4.58. The first-order valence-corrected chi connectivity index (χ1v) is 10.3. The molecule has 0 spiro atoms. The maximum atomic E-state index is 5.60. The minimum atomic E-state index is 0.517. The molecule has 0 bridgehead atoms. The summed E-state index contributed by atoms with van der Waals surface area (Å²) < 4.78 is 13.1. The fraction of sp³-hybridized carbons (Fsp3) is 0.455. The van der Waals surface area contributed by atoms with Crippen LogP contribution in [-0.4, -0.2) is 41.8 Å². The van der Waals surface area contributed by atoms with Crippen molar-refractivity contribution >= 4 is 17.0 Å². The van der Waals surface area contributed by atoms with Gasteiger partial charge in [-0.1, -0.05) is 12.1 Å².